The molecule has 0 aliphatic heterocycles. The molecule has 1 atom stereocenters. The summed E-state index contributed by atoms with van der Waals surface area (Å²) in [7, 11) is 0. The molecule has 2 rings (SSSR count). The van der Waals surface area contributed by atoms with Crippen molar-refractivity contribution >= 4 is 17.2 Å². The van der Waals surface area contributed by atoms with E-state index in [1.54, 1.807) is 11.3 Å². The first-order valence-electron chi connectivity index (χ1n) is 6.78. The zero-order valence-electron chi connectivity index (χ0n) is 11.0. The van der Waals surface area contributed by atoms with Crippen molar-refractivity contribution in [2.24, 2.45) is 5.92 Å². The fourth-order valence-electron chi connectivity index (χ4n) is 2.65. The maximum Gasteiger partial charge on any atom is 0.234 e. The Morgan fingerprint density at radius 2 is 2.32 bits per heavy atom. The maximum absolute atomic E-state index is 11.9. The summed E-state index contributed by atoms with van der Waals surface area (Å²) in [6, 6.07) is 4.33. The Kier molecular flexibility index (Phi) is 5.44. The van der Waals surface area contributed by atoms with E-state index in [2.05, 4.69) is 28.0 Å². The minimum Gasteiger partial charge on any atom is -0.347 e. The highest BCUT2D eigenvalue weighted by molar-refractivity contribution is 7.10. The molecule has 0 spiro atoms. The third kappa shape index (κ3) is 4.09. The average Bonchev–Trinajstić information content (AvgIpc) is 3.09. The minimum atomic E-state index is 0.0283. The van der Waals surface area contributed by atoms with Crippen molar-refractivity contribution in [3.05, 3.63) is 22.4 Å². The lowest BCUT2D eigenvalue weighted by molar-refractivity contribution is -0.121. The first-order chi connectivity index (χ1) is 9.31. The van der Waals surface area contributed by atoms with Gasteiger partial charge in [-0.25, -0.2) is 0 Å². The fraction of sp³-hybridized carbons (Fsp3) is 0.533. The molecule has 19 heavy (non-hydrogen) atoms. The molecule has 102 valence electrons. The van der Waals surface area contributed by atoms with Crippen molar-refractivity contribution in [2.45, 2.75) is 31.7 Å². The first kappa shape index (κ1) is 14.1. The maximum atomic E-state index is 11.9. The van der Waals surface area contributed by atoms with Gasteiger partial charge in [0.25, 0.3) is 0 Å². The van der Waals surface area contributed by atoms with Gasteiger partial charge in [0.05, 0.1) is 19.1 Å². The summed E-state index contributed by atoms with van der Waals surface area (Å²) in [4.78, 5) is 13.2. The Labute approximate surface area is 118 Å². The first-order valence-corrected chi connectivity index (χ1v) is 7.66. The zero-order chi connectivity index (χ0) is 13.5. The van der Waals surface area contributed by atoms with Crippen LogP contribution < -0.4 is 10.6 Å². The Morgan fingerprint density at radius 1 is 1.53 bits per heavy atom. The van der Waals surface area contributed by atoms with Crippen LogP contribution in [0.5, 0.6) is 0 Å². The van der Waals surface area contributed by atoms with Gasteiger partial charge in [-0.3, -0.25) is 10.1 Å². The highest BCUT2D eigenvalue weighted by atomic mass is 32.1. The number of thiophene rings is 1. The van der Waals surface area contributed by atoms with Gasteiger partial charge in [-0.05, 0) is 30.2 Å². The van der Waals surface area contributed by atoms with Gasteiger partial charge in [-0.15, -0.1) is 17.8 Å². The van der Waals surface area contributed by atoms with Crippen LogP contribution in [0.3, 0.4) is 0 Å². The lowest BCUT2D eigenvalue weighted by Crippen LogP contribution is -2.38. The van der Waals surface area contributed by atoms with E-state index < -0.39 is 0 Å². The van der Waals surface area contributed by atoms with Crippen molar-refractivity contribution in [3.8, 4) is 12.3 Å². The molecular formula is C15H20N2OS. The second-order valence-electron chi connectivity index (χ2n) is 4.91. The van der Waals surface area contributed by atoms with E-state index in [1.165, 1.54) is 30.6 Å². The molecule has 1 amide bonds. The van der Waals surface area contributed by atoms with E-state index in [0.29, 0.717) is 19.0 Å². The third-order valence-electron chi connectivity index (χ3n) is 3.55. The topological polar surface area (TPSA) is 41.1 Å². The van der Waals surface area contributed by atoms with Crippen molar-refractivity contribution in [1.82, 2.24) is 10.6 Å². The number of rotatable bonds is 6. The molecule has 2 N–H and O–H groups in total. The molecule has 1 aliphatic carbocycles. The monoisotopic (exact) mass is 276 g/mol. The lowest BCUT2D eigenvalue weighted by Gasteiger charge is -2.23. The molecule has 0 radical (unpaired) electrons. The number of carbonyl (C=O) groups is 1. The smallest absolute Gasteiger partial charge is 0.234 e. The molecule has 1 aliphatic rings. The molecule has 3 nitrogen and oxygen atoms in total. The van der Waals surface area contributed by atoms with Crippen molar-refractivity contribution in [3.63, 3.8) is 0 Å². The van der Waals surface area contributed by atoms with E-state index >= 15 is 0 Å². The molecule has 0 aromatic carbocycles. The van der Waals surface area contributed by atoms with E-state index in [-0.39, 0.29) is 11.9 Å². The second-order valence-corrected chi connectivity index (χ2v) is 5.89. The van der Waals surface area contributed by atoms with Crippen LogP contribution in [0.25, 0.3) is 0 Å². The van der Waals surface area contributed by atoms with Crippen LogP contribution in [0, 0.1) is 18.3 Å². The second kappa shape index (κ2) is 7.32. The summed E-state index contributed by atoms with van der Waals surface area (Å²) >= 11 is 1.72. The highest BCUT2D eigenvalue weighted by Gasteiger charge is 2.28. The summed E-state index contributed by atoms with van der Waals surface area (Å²) in [6.45, 7) is 0.722. The summed E-state index contributed by atoms with van der Waals surface area (Å²) in [5, 5.41) is 8.16. The van der Waals surface area contributed by atoms with Gasteiger partial charge in [0, 0.05) is 4.88 Å². The van der Waals surface area contributed by atoms with Gasteiger partial charge in [0.1, 0.15) is 0 Å². The van der Waals surface area contributed by atoms with Gasteiger partial charge in [-0.1, -0.05) is 24.8 Å². The average molecular weight is 276 g/mol. The zero-order valence-corrected chi connectivity index (χ0v) is 11.8. The van der Waals surface area contributed by atoms with Crippen molar-refractivity contribution in [1.29, 1.82) is 0 Å². The Balaban J connectivity index is 1.94. The van der Waals surface area contributed by atoms with E-state index in [9.17, 15) is 4.79 Å². The summed E-state index contributed by atoms with van der Waals surface area (Å²) in [6.07, 6.45) is 10.1. The van der Waals surface area contributed by atoms with Crippen LogP contribution in [0.2, 0.25) is 0 Å². The Hall–Kier alpha value is -1.31. The number of hydrogen-bond donors (Lipinski definition) is 2. The van der Waals surface area contributed by atoms with Crippen molar-refractivity contribution in [2.75, 3.05) is 13.1 Å². The summed E-state index contributed by atoms with van der Waals surface area (Å²) < 4.78 is 0. The lowest BCUT2D eigenvalue weighted by atomic mass is 9.96. The van der Waals surface area contributed by atoms with Gasteiger partial charge >= 0.3 is 0 Å². The van der Waals surface area contributed by atoms with Gasteiger partial charge in [-0.2, -0.15) is 0 Å². The Bertz CT molecular complexity index is 429. The fourth-order valence-corrected chi connectivity index (χ4v) is 3.52. The van der Waals surface area contributed by atoms with Crippen LogP contribution in [0.1, 0.15) is 36.6 Å². The third-order valence-corrected chi connectivity index (χ3v) is 4.51. The molecular weight excluding hydrogens is 256 g/mol. The molecule has 0 bridgehead atoms. The van der Waals surface area contributed by atoms with Crippen LogP contribution in [-0.2, 0) is 4.79 Å². The standard InChI is InChI=1S/C15H20N2OS/c1-2-9-16-11-14(18)17-15(12-6-3-4-7-12)13-8-5-10-19-13/h1,5,8,10,12,15-16H,3-4,6-7,9,11H2,(H,17,18). The minimum absolute atomic E-state index is 0.0283. The highest BCUT2D eigenvalue weighted by Crippen LogP contribution is 2.37. The van der Waals surface area contributed by atoms with Gasteiger partial charge in [0.15, 0.2) is 0 Å². The molecule has 1 heterocycles. The molecule has 1 fully saturated rings. The Morgan fingerprint density at radius 3 is 2.95 bits per heavy atom. The van der Waals surface area contributed by atoms with Gasteiger partial charge < -0.3 is 5.32 Å². The number of hydrogen-bond acceptors (Lipinski definition) is 3. The molecule has 1 saturated carbocycles. The van der Waals surface area contributed by atoms with Crippen LogP contribution in [-0.4, -0.2) is 19.0 Å². The summed E-state index contributed by atoms with van der Waals surface area (Å²) in [5.41, 5.74) is 0. The molecule has 4 heteroatoms. The number of carbonyl (C=O) groups excluding carboxylic acids is 1. The van der Waals surface area contributed by atoms with Crippen molar-refractivity contribution < 1.29 is 4.79 Å². The van der Waals surface area contributed by atoms with E-state index in [4.69, 9.17) is 6.42 Å². The molecule has 0 saturated heterocycles. The molecule has 1 aromatic rings. The largest absolute Gasteiger partial charge is 0.347 e. The molecule has 1 unspecified atom stereocenters. The quantitative estimate of drug-likeness (QED) is 0.618. The van der Waals surface area contributed by atoms with Gasteiger partial charge in [0.2, 0.25) is 5.91 Å². The molecule has 1 aromatic heterocycles. The number of nitrogens with one attached hydrogen (secondary N) is 2. The predicted octanol–water partition coefficient (Wildman–Crippen LogP) is 2.32. The normalized spacial score (nSPS) is 17.0. The van der Waals surface area contributed by atoms with E-state index in [0.717, 1.165) is 0 Å². The van der Waals surface area contributed by atoms with Crippen LogP contribution in [0.4, 0.5) is 0 Å². The number of amides is 1. The summed E-state index contributed by atoms with van der Waals surface area (Å²) in [5.74, 6) is 3.08. The SMILES string of the molecule is C#CCNCC(=O)NC(c1cccs1)C1CCCC1. The number of terminal acetylenes is 1. The van der Waals surface area contributed by atoms with E-state index in [1.807, 2.05) is 6.07 Å². The van der Waals surface area contributed by atoms with Crippen LogP contribution in [0.15, 0.2) is 17.5 Å². The van der Waals surface area contributed by atoms with Crippen LogP contribution >= 0.6 is 11.3 Å². The predicted molar refractivity (Wildman–Crippen MR) is 78.9 cm³/mol.